The van der Waals surface area contributed by atoms with Gasteiger partial charge in [-0.05, 0) is 24.6 Å². The molecular formula is C13H20N2O2. The molecule has 3 N–H and O–H groups in total. The summed E-state index contributed by atoms with van der Waals surface area (Å²) in [7, 11) is 0. The van der Waals surface area contributed by atoms with Crippen molar-refractivity contribution in [2.45, 2.75) is 19.1 Å². The zero-order valence-electron chi connectivity index (χ0n) is 10.2. The van der Waals surface area contributed by atoms with Gasteiger partial charge in [0.25, 0.3) is 0 Å². The van der Waals surface area contributed by atoms with Crippen LogP contribution in [0.2, 0.25) is 0 Å². The highest BCUT2D eigenvalue weighted by Crippen LogP contribution is 2.21. The molecule has 0 aromatic heterocycles. The molecule has 2 atom stereocenters. The summed E-state index contributed by atoms with van der Waals surface area (Å²) in [6.07, 6.45) is -0.0808. The fourth-order valence-corrected chi connectivity index (χ4v) is 2.07. The number of morpholine rings is 1. The summed E-state index contributed by atoms with van der Waals surface area (Å²) >= 11 is 0. The predicted octanol–water partition coefficient (Wildman–Crippen LogP) is 0.904. The molecule has 0 bridgehead atoms. The lowest BCUT2D eigenvalue weighted by molar-refractivity contribution is 0.00356. The number of nitrogens with two attached hydrogens (primary N) is 1. The minimum atomic E-state index is -0.0808. The van der Waals surface area contributed by atoms with Gasteiger partial charge in [0, 0.05) is 24.8 Å². The van der Waals surface area contributed by atoms with E-state index in [0.29, 0.717) is 6.61 Å². The van der Waals surface area contributed by atoms with Gasteiger partial charge in [0.05, 0.1) is 19.3 Å². The van der Waals surface area contributed by atoms with Gasteiger partial charge in [-0.2, -0.15) is 0 Å². The number of hydrogen-bond acceptors (Lipinski definition) is 4. The Morgan fingerprint density at radius 3 is 3.12 bits per heavy atom. The van der Waals surface area contributed by atoms with Crippen LogP contribution in [0.25, 0.3) is 0 Å². The average Bonchev–Trinajstić information content (AvgIpc) is 2.39. The van der Waals surface area contributed by atoms with E-state index >= 15 is 0 Å². The van der Waals surface area contributed by atoms with Crippen molar-refractivity contribution in [2.24, 2.45) is 5.73 Å². The molecule has 1 unspecified atom stereocenters. The van der Waals surface area contributed by atoms with Crippen LogP contribution in [0.1, 0.15) is 18.5 Å². The highest BCUT2D eigenvalue weighted by Gasteiger charge is 2.20. The number of anilines is 1. The number of aliphatic hydroxyl groups is 1. The van der Waals surface area contributed by atoms with Gasteiger partial charge >= 0.3 is 0 Å². The smallest absolute Gasteiger partial charge is 0.0980 e. The van der Waals surface area contributed by atoms with Crippen molar-refractivity contribution in [1.29, 1.82) is 0 Å². The summed E-state index contributed by atoms with van der Waals surface area (Å²) in [4.78, 5) is 2.23. The Morgan fingerprint density at radius 2 is 2.41 bits per heavy atom. The van der Waals surface area contributed by atoms with Crippen LogP contribution in [-0.2, 0) is 4.74 Å². The molecule has 17 heavy (non-hydrogen) atoms. The summed E-state index contributed by atoms with van der Waals surface area (Å²) in [5, 5.41) is 9.13. The molecule has 0 spiro atoms. The normalized spacial score (nSPS) is 22.5. The Kier molecular flexibility index (Phi) is 3.99. The summed E-state index contributed by atoms with van der Waals surface area (Å²) < 4.78 is 5.44. The number of hydrogen-bond donors (Lipinski definition) is 2. The van der Waals surface area contributed by atoms with E-state index in [9.17, 15) is 0 Å². The van der Waals surface area contributed by atoms with Crippen LogP contribution in [0, 0.1) is 0 Å². The molecule has 1 aromatic carbocycles. The fourth-order valence-electron chi connectivity index (χ4n) is 2.07. The first-order chi connectivity index (χ1) is 8.20. The highest BCUT2D eigenvalue weighted by atomic mass is 16.5. The first kappa shape index (κ1) is 12.4. The van der Waals surface area contributed by atoms with Crippen LogP contribution in [0.15, 0.2) is 24.3 Å². The van der Waals surface area contributed by atoms with E-state index in [-0.39, 0.29) is 18.8 Å². The van der Waals surface area contributed by atoms with Crippen LogP contribution in [0.4, 0.5) is 5.69 Å². The third kappa shape index (κ3) is 2.97. The van der Waals surface area contributed by atoms with E-state index in [0.717, 1.165) is 24.3 Å². The van der Waals surface area contributed by atoms with Crippen molar-refractivity contribution >= 4 is 5.69 Å². The van der Waals surface area contributed by atoms with E-state index < -0.39 is 0 Å². The second-order valence-corrected chi connectivity index (χ2v) is 4.51. The summed E-state index contributed by atoms with van der Waals surface area (Å²) in [6, 6.07) is 8.30. The molecule has 0 radical (unpaired) electrons. The molecule has 0 aliphatic carbocycles. The molecule has 1 aliphatic rings. The van der Waals surface area contributed by atoms with Gasteiger partial charge in [-0.25, -0.2) is 0 Å². The van der Waals surface area contributed by atoms with Crippen molar-refractivity contribution in [3.8, 4) is 0 Å². The maximum absolute atomic E-state index is 9.13. The largest absolute Gasteiger partial charge is 0.394 e. The first-order valence-corrected chi connectivity index (χ1v) is 6.03. The van der Waals surface area contributed by atoms with Crippen LogP contribution in [0.5, 0.6) is 0 Å². The zero-order chi connectivity index (χ0) is 12.3. The van der Waals surface area contributed by atoms with E-state index in [1.165, 1.54) is 0 Å². The Balaban J connectivity index is 2.13. The van der Waals surface area contributed by atoms with Crippen LogP contribution in [0.3, 0.4) is 0 Å². The lowest BCUT2D eigenvalue weighted by Crippen LogP contribution is -2.44. The molecule has 1 aliphatic heterocycles. The second-order valence-electron chi connectivity index (χ2n) is 4.51. The first-order valence-electron chi connectivity index (χ1n) is 6.03. The van der Waals surface area contributed by atoms with Crippen molar-refractivity contribution in [1.82, 2.24) is 0 Å². The van der Waals surface area contributed by atoms with Crippen molar-refractivity contribution in [3.05, 3.63) is 29.8 Å². The third-order valence-corrected chi connectivity index (χ3v) is 3.10. The maximum atomic E-state index is 9.13. The van der Waals surface area contributed by atoms with Crippen LogP contribution in [-0.4, -0.2) is 37.5 Å². The Labute approximate surface area is 102 Å². The Bertz CT molecular complexity index is 368. The van der Waals surface area contributed by atoms with E-state index in [1.807, 2.05) is 19.1 Å². The summed E-state index contributed by atoms with van der Waals surface area (Å²) in [5.74, 6) is 0. The van der Waals surface area contributed by atoms with Crippen molar-refractivity contribution in [2.75, 3.05) is 31.2 Å². The minimum absolute atomic E-state index is 0.0460. The Morgan fingerprint density at radius 1 is 1.59 bits per heavy atom. The molecule has 1 fully saturated rings. The molecule has 94 valence electrons. The molecule has 2 rings (SSSR count). The number of nitrogens with zero attached hydrogens (tertiary/aromatic N) is 1. The van der Waals surface area contributed by atoms with E-state index in [4.69, 9.17) is 15.6 Å². The monoisotopic (exact) mass is 236 g/mol. The molecule has 4 heteroatoms. The quantitative estimate of drug-likeness (QED) is 0.819. The molecular weight excluding hydrogens is 216 g/mol. The van der Waals surface area contributed by atoms with Crippen LogP contribution < -0.4 is 10.6 Å². The number of rotatable bonds is 3. The maximum Gasteiger partial charge on any atom is 0.0980 e. The van der Waals surface area contributed by atoms with Gasteiger partial charge in [0.1, 0.15) is 0 Å². The SMILES string of the molecule is C[C@H](N)c1cccc(N2CCOC(CO)C2)c1. The van der Waals surface area contributed by atoms with Gasteiger partial charge in [-0.15, -0.1) is 0 Å². The van der Waals surface area contributed by atoms with Gasteiger partial charge in [0.15, 0.2) is 0 Å². The van der Waals surface area contributed by atoms with Crippen molar-refractivity contribution in [3.63, 3.8) is 0 Å². The van der Waals surface area contributed by atoms with Gasteiger partial charge in [-0.3, -0.25) is 0 Å². The summed E-state index contributed by atoms with van der Waals surface area (Å²) in [6.45, 7) is 4.31. The number of benzene rings is 1. The average molecular weight is 236 g/mol. The Hall–Kier alpha value is -1.10. The molecule has 1 saturated heterocycles. The van der Waals surface area contributed by atoms with E-state index in [1.54, 1.807) is 0 Å². The van der Waals surface area contributed by atoms with Crippen molar-refractivity contribution < 1.29 is 9.84 Å². The third-order valence-electron chi connectivity index (χ3n) is 3.10. The lowest BCUT2D eigenvalue weighted by atomic mass is 10.1. The second kappa shape index (κ2) is 5.49. The molecule has 0 saturated carbocycles. The fraction of sp³-hybridized carbons (Fsp3) is 0.538. The summed E-state index contributed by atoms with van der Waals surface area (Å²) in [5.41, 5.74) is 8.17. The number of ether oxygens (including phenoxy) is 1. The minimum Gasteiger partial charge on any atom is -0.394 e. The molecule has 1 aromatic rings. The molecule has 0 amide bonds. The van der Waals surface area contributed by atoms with Crippen LogP contribution >= 0.6 is 0 Å². The topological polar surface area (TPSA) is 58.7 Å². The standard InChI is InChI=1S/C13H20N2O2/c1-10(14)11-3-2-4-12(7-11)15-5-6-17-13(8-15)9-16/h2-4,7,10,13,16H,5-6,8-9,14H2,1H3/t10-,13?/m0/s1. The van der Waals surface area contributed by atoms with Gasteiger partial charge in [-0.1, -0.05) is 12.1 Å². The lowest BCUT2D eigenvalue weighted by Gasteiger charge is -2.34. The highest BCUT2D eigenvalue weighted by molar-refractivity contribution is 5.49. The predicted molar refractivity (Wildman–Crippen MR) is 68.1 cm³/mol. The molecule has 1 heterocycles. The molecule has 4 nitrogen and oxygen atoms in total. The number of aliphatic hydroxyl groups excluding tert-OH is 1. The van der Waals surface area contributed by atoms with Gasteiger partial charge < -0.3 is 20.5 Å². The zero-order valence-corrected chi connectivity index (χ0v) is 10.2. The van der Waals surface area contributed by atoms with Gasteiger partial charge in [0.2, 0.25) is 0 Å². The van der Waals surface area contributed by atoms with E-state index in [2.05, 4.69) is 17.0 Å².